The van der Waals surface area contributed by atoms with Crippen molar-refractivity contribution in [3.8, 4) is 0 Å². The molecule has 2 rings (SSSR count). The van der Waals surface area contributed by atoms with Gasteiger partial charge in [-0.05, 0) is 24.1 Å². The lowest BCUT2D eigenvalue weighted by Gasteiger charge is -2.17. The molecule has 1 N–H and O–H groups in total. The predicted octanol–water partition coefficient (Wildman–Crippen LogP) is 3.38. The first-order chi connectivity index (χ1) is 9.35. The number of benzene rings is 1. The number of rotatable bonds is 7. The summed E-state index contributed by atoms with van der Waals surface area (Å²) in [6.07, 6.45) is 2.98. The molecule has 0 bridgehead atoms. The molecule has 4 heteroatoms. The minimum Gasteiger partial charge on any atom is -0.380 e. The number of thiazole rings is 1. The van der Waals surface area contributed by atoms with Crippen LogP contribution in [0.4, 0.5) is 0 Å². The van der Waals surface area contributed by atoms with E-state index in [1.54, 1.807) is 18.4 Å². The maximum absolute atomic E-state index is 5.14. The quantitative estimate of drug-likeness (QED) is 0.842. The summed E-state index contributed by atoms with van der Waals surface area (Å²) in [5.41, 5.74) is 2.45. The van der Waals surface area contributed by atoms with Gasteiger partial charge in [0.25, 0.3) is 0 Å². The van der Waals surface area contributed by atoms with Crippen molar-refractivity contribution in [1.29, 1.82) is 0 Å². The Morgan fingerprint density at radius 1 is 1.32 bits per heavy atom. The molecule has 1 aromatic carbocycles. The topological polar surface area (TPSA) is 34.1 Å². The Morgan fingerprint density at radius 2 is 2.11 bits per heavy atom. The number of hydrogen-bond acceptors (Lipinski definition) is 4. The van der Waals surface area contributed by atoms with Gasteiger partial charge in [-0.15, -0.1) is 11.3 Å². The molecule has 2 aromatic rings. The summed E-state index contributed by atoms with van der Waals surface area (Å²) in [4.78, 5) is 4.44. The molecule has 3 nitrogen and oxygen atoms in total. The van der Waals surface area contributed by atoms with Gasteiger partial charge in [0.15, 0.2) is 0 Å². The van der Waals surface area contributed by atoms with Crippen LogP contribution in [0.1, 0.15) is 35.5 Å². The summed E-state index contributed by atoms with van der Waals surface area (Å²) in [5.74, 6) is 0. The van der Waals surface area contributed by atoms with Crippen molar-refractivity contribution in [3.05, 3.63) is 52.0 Å². The van der Waals surface area contributed by atoms with Gasteiger partial charge in [0.1, 0.15) is 5.01 Å². The average molecular weight is 276 g/mol. The van der Waals surface area contributed by atoms with E-state index in [-0.39, 0.29) is 6.04 Å². The summed E-state index contributed by atoms with van der Waals surface area (Å²) < 4.78 is 5.14. The van der Waals surface area contributed by atoms with Crippen LogP contribution in [0.2, 0.25) is 0 Å². The fourth-order valence-corrected chi connectivity index (χ4v) is 2.72. The van der Waals surface area contributed by atoms with Gasteiger partial charge in [0, 0.05) is 18.7 Å². The van der Waals surface area contributed by atoms with Crippen LogP contribution in [0.5, 0.6) is 0 Å². The van der Waals surface area contributed by atoms with E-state index in [9.17, 15) is 0 Å². The molecule has 0 fully saturated rings. The molecule has 0 aliphatic heterocycles. The van der Waals surface area contributed by atoms with Crippen LogP contribution < -0.4 is 5.32 Å². The first kappa shape index (κ1) is 14.2. The summed E-state index contributed by atoms with van der Waals surface area (Å²) >= 11 is 1.69. The SMILES string of the molecule is CCCNC(c1ccc(COC)cc1)c1nccs1. The molecule has 1 unspecified atom stereocenters. The summed E-state index contributed by atoms with van der Waals surface area (Å²) in [5, 5.41) is 6.70. The fraction of sp³-hybridized carbons (Fsp3) is 0.400. The summed E-state index contributed by atoms with van der Waals surface area (Å²) in [6, 6.07) is 8.74. The van der Waals surface area contributed by atoms with Crippen LogP contribution >= 0.6 is 11.3 Å². The van der Waals surface area contributed by atoms with Gasteiger partial charge in [0.05, 0.1) is 12.6 Å². The lowest BCUT2D eigenvalue weighted by Crippen LogP contribution is -2.23. The Balaban J connectivity index is 2.17. The summed E-state index contributed by atoms with van der Waals surface area (Å²) in [7, 11) is 1.72. The first-order valence-corrected chi connectivity index (χ1v) is 7.43. The molecule has 0 saturated carbocycles. The number of nitrogens with zero attached hydrogens (tertiary/aromatic N) is 1. The van der Waals surface area contributed by atoms with Crippen LogP contribution in [0.3, 0.4) is 0 Å². The highest BCUT2D eigenvalue weighted by Gasteiger charge is 2.15. The third kappa shape index (κ3) is 3.86. The van der Waals surface area contributed by atoms with Gasteiger partial charge in [-0.2, -0.15) is 0 Å². The van der Waals surface area contributed by atoms with Gasteiger partial charge in [-0.25, -0.2) is 4.98 Å². The summed E-state index contributed by atoms with van der Waals surface area (Å²) in [6.45, 7) is 3.82. The number of ether oxygens (including phenoxy) is 1. The molecular weight excluding hydrogens is 256 g/mol. The van der Waals surface area contributed by atoms with Crippen molar-refractivity contribution in [2.75, 3.05) is 13.7 Å². The third-order valence-electron chi connectivity index (χ3n) is 2.92. The maximum atomic E-state index is 5.14. The normalized spacial score (nSPS) is 12.5. The van der Waals surface area contributed by atoms with Crippen LogP contribution in [0.25, 0.3) is 0 Å². The van der Waals surface area contributed by atoms with Crippen LogP contribution in [0, 0.1) is 0 Å². The van der Waals surface area contributed by atoms with Gasteiger partial charge in [-0.1, -0.05) is 31.2 Å². The standard InChI is InChI=1S/C15H20N2OS/c1-3-8-16-14(15-17-9-10-19-15)13-6-4-12(5-7-13)11-18-2/h4-7,9-10,14,16H,3,8,11H2,1-2H3. The molecule has 1 aromatic heterocycles. The van der Waals surface area contributed by atoms with Crippen LogP contribution in [-0.4, -0.2) is 18.6 Å². The van der Waals surface area contributed by atoms with Crippen molar-refractivity contribution in [2.24, 2.45) is 0 Å². The van der Waals surface area contributed by atoms with Gasteiger partial charge in [-0.3, -0.25) is 0 Å². The molecule has 0 spiro atoms. The van der Waals surface area contributed by atoms with Crippen molar-refractivity contribution in [2.45, 2.75) is 26.0 Å². The number of aromatic nitrogens is 1. The number of nitrogens with one attached hydrogen (secondary N) is 1. The molecule has 0 aliphatic carbocycles. The highest BCUT2D eigenvalue weighted by atomic mass is 32.1. The second-order valence-electron chi connectivity index (χ2n) is 4.43. The Kier molecular flexibility index (Phi) is 5.51. The molecule has 102 valence electrons. The zero-order valence-electron chi connectivity index (χ0n) is 11.4. The molecular formula is C15H20N2OS. The van der Waals surface area contributed by atoms with Gasteiger partial charge >= 0.3 is 0 Å². The molecule has 0 aliphatic rings. The predicted molar refractivity (Wildman–Crippen MR) is 79.4 cm³/mol. The number of hydrogen-bond donors (Lipinski definition) is 1. The van der Waals surface area contributed by atoms with Crippen molar-refractivity contribution >= 4 is 11.3 Å². The highest BCUT2D eigenvalue weighted by Crippen LogP contribution is 2.24. The number of methoxy groups -OCH3 is 1. The van der Waals surface area contributed by atoms with E-state index in [4.69, 9.17) is 4.74 Å². The minimum atomic E-state index is 0.191. The van der Waals surface area contributed by atoms with E-state index in [2.05, 4.69) is 41.5 Å². The molecule has 0 saturated heterocycles. The van der Waals surface area contributed by atoms with Crippen LogP contribution in [0.15, 0.2) is 35.8 Å². The Morgan fingerprint density at radius 3 is 2.68 bits per heavy atom. The third-order valence-corrected chi connectivity index (χ3v) is 3.76. The second kappa shape index (κ2) is 7.38. The monoisotopic (exact) mass is 276 g/mol. The Labute approximate surface area is 118 Å². The van der Waals surface area contributed by atoms with Crippen molar-refractivity contribution in [1.82, 2.24) is 10.3 Å². The zero-order chi connectivity index (χ0) is 13.5. The van der Waals surface area contributed by atoms with E-state index in [0.29, 0.717) is 6.61 Å². The van der Waals surface area contributed by atoms with Crippen LogP contribution in [-0.2, 0) is 11.3 Å². The molecule has 1 heterocycles. The molecule has 19 heavy (non-hydrogen) atoms. The second-order valence-corrected chi connectivity index (χ2v) is 5.36. The minimum absolute atomic E-state index is 0.191. The zero-order valence-corrected chi connectivity index (χ0v) is 12.2. The fourth-order valence-electron chi connectivity index (χ4n) is 1.99. The van der Waals surface area contributed by atoms with Gasteiger partial charge < -0.3 is 10.1 Å². The lowest BCUT2D eigenvalue weighted by atomic mass is 10.1. The van der Waals surface area contributed by atoms with E-state index in [0.717, 1.165) is 18.0 Å². The smallest absolute Gasteiger partial charge is 0.114 e. The average Bonchev–Trinajstić information content (AvgIpc) is 2.95. The molecule has 0 radical (unpaired) electrons. The first-order valence-electron chi connectivity index (χ1n) is 6.55. The van der Waals surface area contributed by atoms with E-state index in [1.807, 2.05) is 11.6 Å². The molecule has 0 amide bonds. The lowest BCUT2D eigenvalue weighted by molar-refractivity contribution is 0.185. The Hall–Kier alpha value is -1.23. The van der Waals surface area contributed by atoms with Gasteiger partial charge in [0.2, 0.25) is 0 Å². The van der Waals surface area contributed by atoms with E-state index in [1.165, 1.54) is 11.1 Å². The van der Waals surface area contributed by atoms with Crippen molar-refractivity contribution in [3.63, 3.8) is 0 Å². The van der Waals surface area contributed by atoms with E-state index >= 15 is 0 Å². The van der Waals surface area contributed by atoms with Crippen molar-refractivity contribution < 1.29 is 4.74 Å². The van der Waals surface area contributed by atoms with E-state index < -0.39 is 0 Å². The molecule has 1 atom stereocenters. The highest BCUT2D eigenvalue weighted by molar-refractivity contribution is 7.09. The Bertz CT molecular complexity index is 467. The largest absolute Gasteiger partial charge is 0.380 e. The maximum Gasteiger partial charge on any atom is 0.114 e.